The van der Waals surface area contributed by atoms with Crippen LogP contribution in [0.25, 0.3) is 6.08 Å². The monoisotopic (exact) mass is 273 g/mol. The van der Waals surface area contributed by atoms with Gasteiger partial charge in [-0.2, -0.15) is 0 Å². The van der Waals surface area contributed by atoms with Crippen molar-refractivity contribution in [1.29, 1.82) is 0 Å². The van der Waals surface area contributed by atoms with Crippen LogP contribution in [0.3, 0.4) is 0 Å². The molecule has 0 aliphatic rings. The molecule has 0 fully saturated rings. The summed E-state index contributed by atoms with van der Waals surface area (Å²) in [5.41, 5.74) is 2.52. The molecule has 0 aliphatic carbocycles. The Labute approximate surface area is 113 Å². The van der Waals surface area contributed by atoms with Crippen LogP contribution in [0.2, 0.25) is 0 Å². The lowest BCUT2D eigenvalue weighted by Gasteiger charge is -2.08. The Morgan fingerprint density at radius 1 is 1.00 bits per heavy atom. The molecule has 0 heterocycles. The Kier molecular flexibility index (Phi) is 3.71. The smallest absolute Gasteiger partial charge is 0.261 e. The van der Waals surface area contributed by atoms with Crippen LogP contribution in [0.4, 0.5) is 5.69 Å². The van der Waals surface area contributed by atoms with E-state index in [1.165, 1.54) is 0 Å². The molecule has 0 aliphatic heterocycles. The first-order chi connectivity index (χ1) is 9.01. The zero-order valence-electron chi connectivity index (χ0n) is 10.6. The van der Waals surface area contributed by atoms with E-state index in [1.807, 2.05) is 19.1 Å². The number of benzene rings is 2. The van der Waals surface area contributed by atoms with Gasteiger partial charge in [-0.25, -0.2) is 8.42 Å². The van der Waals surface area contributed by atoms with Crippen LogP contribution < -0.4 is 4.72 Å². The summed E-state index contributed by atoms with van der Waals surface area (Å²) in [6, 6.07) is 13.8. The number of nitrogens with one attached hydrogen (secondary N) is 1. The standard InChI is InChI=1S/C15H15NO2S/c1-3-13-6-10-15(11-7-13)19(17,18)16-14-8-4-12(2)5-9-14/h3-11,16H,1H2,2H3. The van der Waals surface area contributed by atoms with Gasteiger partial charge in [-0.3, -0.25) is 4.72 Å². The molecular weight excluding hydrogens is 258 g/mol. The molecule has 0 saturated carbocycles. The Balaban J connectivity index is 2.26. The van der Waals surface area contributed by atoms with Crippen molar-refractivity contribution in [2.24, 2.45) is 0 Å². The molecule has 0 spiro atoms. The summed E-state index contributed by atoms with van der Waals surface area (Å²) in [6.07, 6.45) is 1.67. The largest absolute Gasteiger partial charge is 0.280 e. The highest BCUT2D eigenvalue weighted by Crippen LogP contribution is 2.17. The summed E-state index contributed by atoms with van der Waals surface area (Å²) in [7, 11) is -3.54. The minimum atomic E-state index is -3.54. The van der Waals surface area contributed by atoms with Crippen LogP contribution in [0, 0.1) is 6.92 Å². The first-order valence-electron chi connectivity index (χ1n) is 5.83. The topological polar surface area (TPSA) is 46.2 Å². The number of hydrogen-bond acceptors (Lipinski definition) is 2. The number of hydrogen-bond donors (Lipinski definition) is 1. The third-order valence-corrected chi connectivity index (χ3v) is 4.13. The first kappa shape index (κ1) is 13.4. The molecule has 98 valence electrons. The Bertz CT molecular complexity index is 671. The molecule has 0 aromatic heterocycles. The summed E-state index contributed by atoms with van der Waals surface area (Å²) < 4.78 is 26.8. The fourth-order valence-corrected chi connectivity index (χ4v) is 2.68. The fourth-order valence-electron chi connectivity index (χ4n) is 1.62. The van der Waals surface area contributed by atoms with Gasteiger partial charge in [0.1, 0.15) is 0 Å². The van der Waals surface area contributed by atoms with Gasteiger partial charge in [-0.15, -0.1) is 0 Å². The summed E-state index contributed by atoms with van der Waals surface area (Å²) in [6.45, 7) is 5.58. The maximum atomic E-state index is 12.1. The quantitative estimate of drug-likeness (QED) is 0.927. The highest BCUT2D eigenvalue weighted by Gasteiger charge is 2.13. The minimum absolute atomic E-state index is 0.235. The molecule has 0 saturated heterocycles. The molecule has 0 unspecified atom stereocenters. The fraction of sp³-hybridized carbons (Fsp3) is 0.0667. The van der Waals surface area contributed by atoms with E-state index in [9.17, 15) is 8.42 Å². The molecule has 1 N–H and O–H groups in total. The summed E-state index contributed by atoms with van der Waals surface area (Å²) >= 11 is 0. The predicted molar refractivity (Wildman–Crippen MR) is 78.5 cm³/mol. The average Bonchev–Trinajstić information content (AvgIpc) is 2.41. The Hall–Kier alpha value is -2.07. The number of rotatable bonds is 4. The van der Waals surface area contributed by atoms with Crippen molar-refractivity contribution in [3.05, 3.63) is 66.2 Å². The van der Waals surface area contributed by atoms with E-state index in [0.717, 1.165) is 11.1 Å². The van der Waals surface area contributed by atoms with Crippen LogP contribution in [0.5, 0.6) is 0 Å². The minimum Gasteiger partial charge on any atom is -0.280 e. The second-order valence-electron chi connectivity index (χ2n) is 4.24. The molecule has 0 amide bonds. The summed E-state index contributed by atoms with van der Waals surface area (Å²) in [4.78, 5) is 0.235. The lowest BCUT2D eigenvalue weighted by molar-refractivity contribution is 0.601. The van der Waals surface area contributed by atoms with E-state index in [-0.39, 0.29) is 4.90 Å². The molecule has 3 nitrogen and oxygen atoms in total. The zero-order valence-corrected chi connectivity index (χ0v) is 11.4. The van der Waals surface area contributed by atoms with Gasteiger partial charge >= 0.3 is 0 Å². The average molecular weight is 273 g/mol. The van der Waals surface area contributed by atoms with Gasteiger partial charge < -0.3 is 0 Å². The summed E-state index contributed by atoms with van der Waals surface area (Å²) in [5, 5.41) is 0. The van der Waals surface area contributed by atoms with Gasteiger partial charge in [-0.1, -0.05) is 42.5 Å². The molecular formula is C15H15NO2S. The van der Waals surface area contributed by atoms with E-state index < -0.39 is 10.0 Å². The molecule has 19 heavy (non-hydrogen) atoms. The van der Waals surface area contributed by atoms with Crippen molar-refractivity contribution in [3.8, 4) is 0 Å². The van der Waals surface area contributed by atoms with Crippen molar-refractivity contribution in [1.82, 2.24) is 0 Å². The zero-order chi connectivity index (χ0) is 13.9. The molecule has 4 heteroatoms. The van der Waals surface area contributed by atoms with Crippen LogP contribution >= 0.6 is 0 Å². The van der Waals surface area contributed by atoms with Crippen molar-refractivity contribution < 1.29 is 8.42 Å². The number of aryl methyl sites for hydroxylation is 1. The summed E-state index contributed by atoms with van der Waals surface area (Å²) in [5.74, 6) is 0. The van der Waals surface area contributed by atoms with Crippen LogP contribution in [0.1, 0.15) is 11.1 Å². The van der Waals surface area contributed by atoms with Gasteiger partial charge in [0.05, 0.1) is 4.90 Å². The highest BCUT2D eigenvalue weighted by molar-refractivity contribution is 7.92. The molecule has 0 radical (unpaired) electrons. The van der Waals surface area contributed by atoms with Gasteiger partial charge in [0.2, 0.25) is 0 Å². The number of sulfonamides is 1. The first-order valence-corrected chi connectivity index (χ1v) is 7.31. The van der Waals surface area contributed by atoms with Crippen molar-refractivity contribution in [3.63, 3.8) is 0 Å². The Morgan fingerprint density at radius 3 is 2.11 bits per heavy atom. The van der Waals surface area contributed by atoms with Gasteiger partial charge in [0, 0.05) is 5.69 Å². The Morgan fingerprint density at radius 2 is 1.58 bits per heavy atom. The maximum absolute atomic E-state index is 12.1. The molecule has 0 atom stereocenters. The SMILES string of the molecule is C=Cc1ccc(S(=O)(=O)Nc2ccc(C)cc2)cc1. The predicted octanol–water partition coefficient (Wildman–Crippen LogP) is 3.44. The molecule has 2 aromatic carbocycles. The van der Waals surface area contributed by atoms with E-state index >= 15 is 0 Å². The third-order valence-electron chi connectivity index (χ3n) is 2.73. The molecule has 0 bridgehead atoms. The van der Waals surface area contributed by atoms with E-state index in [4.69, 9.17) is 0 Å². The molecule has 2 aromatic rings. The maximum Gasteiger partial charge on any atom is 0.261 e. The van der Waals surface area contributed by atoms with Gasteiger partial charge in [-0.05, 0) is 36.8 Å². The van der Waals surface area contributed by atoms with Gasteiger partial charge in [0.25, 0.3) is 10.0 Å². The van der Waals surface area contributed by atoms with E-state index in [2.05, 4.69) is 11.3 Å². The van der Waals surface area contributed by atoms with Crippen molar-refractivity contribution >= 4 is 21.8 Å². The van der Waals surface area contributed by atoms with Crippen LogP contribution in [-0.2, 0) is 10.0 Å². The lowest BCUT2D eigenvalue weighted by atomic mass is 10.2. The molecule has 2 rings (SSSR count). The van der Waals surface area contributed by atoms with E-state index in [1.54, 1.807) is 42.5 Å². The van der Waals surface area contributed by atoms with Crippen LogP contribution in [-0.4, -0.2) is 8.42 Å². The normalized spacial score (nSPS) is 11.0. The second-order valence-corrected chi connectivity index (χ2v) is 5.93. The second kappa shape index (κ2) is 5.28. The third kappa shape index (κ3) is 3.23. The van der Waals surface area contributed by atoms with Crippen LogP contribution in [0.15, 0.2) is 60.0 Å². The lowest BCUT2D eigenvalue weighted by Crippen LogP contribution is -2.12. The van der Waals surface area contributed by atoms with Gasteiger partial charge in [0.15, 0.2) is 0 Å². The number of anilines is 1. The van der Waals surface area contributed by atoms with Crippen molar-refractivity contribution in [2.45, 2.75) is 11.8 Å². The van der Waals surface area contributed by atoms with Crippen molar-refractivity contribution in [2.75, 3.05) is 4.72 Å². The van der Waals surface area contributed by atoms with E-state index in [0.29, 0.717) is 5.69 Å². The highest BCUT2D eigenvalue weighted by atomic mass is 32.2.